The van der Waals surface area contributed by atoms with Crippen molar-refractivity contribution in [1.29, 1.82) is 0 Å². The van der Waals surface area contributed by atoms with Crippen LogP contribution in [0, 0.1) is 0 Å². The molecule has 0 aromatic heterocycles. The van der Waals surface area contributed by atoms with Gasteiger partial charge in [0.1, 0.15) is 0 Å². The standard InChI is InChI=1S/C5H10F3O3P/c1-2-3-4(5(6,7)8)11-12(9)10/h4,9-10H,2-3H2,1H3. The zero-order chi connectivity index (χ0) is 9.78. The van der Waals surface area contributed by atoms with Gasteiger partial charge in [0, 0.05) is 0 Å². The van der Waals surface area contributed by atoms with Gasteiger partial charge >= 0.3 is 14.8 Å². The fraction of sp³-hybridized carbons (Fsp3) is 1.00. The molecular weight excluding hydrogens is 196 g/mol. The van der Waals surface area contributed by atoms with Gasteiger partial charge in [-0.25, -0.2) is 0 Å². The van der Waals surface area contributed by atoms with Crippen molar-refractivity contribution in [3.05, 3.63) is 0 Å². The Labute approximate surface area is 69.2 Å². The van der Waals surface area contributed by atoms with Crippen LogP contribution in [0.25, 0.3) is 0 Å². The Balaban J connectivity index is 4.04. The number of rotatable bonds is 4. The molecule has 0 fully saturated rings. The lowest BCUT2D eigenvalue weighted by Gasteiger charge is -2.19. The smallest absolute Gasteiger partial charge is 0.328 e. The number of hydrogen-bond acceptors (Lipinski definition) is 3. The molecule has 74 valence electrons. The fourth-order valence-electron chi connectivity index (χ4n) is 0.652. The van der Waals surface area contributed by atoms with Crippen LogP contribution >= 0.6 is 8.60 Å². The molecule has 0 spiro atoms. The van der Waals surface area contributed by atoms with Crippen LogP contribution in [0.5, 0.6) is 0 Å². The second-order valence-electron chi connectivity index (χ2n) is 2.18. The van der Waals surface area contributed by atoms with Crippen LogP contribution in [0.1, 0.15) is 19.8 Å². The molecule has 0 aliphatic rings. The van der Waals surface area contributed by atoms with Crippen molar-refractivity contribution in [2.24, 2.45) is 0 Å². The molecule has 12 heavy (non-hydrogen) atoms. The summed E-state index contributed by atoms with van der Waals surface area (Å²) in [6.45, 7) is 1.55. The van der Waals surface area contributed by atoms with E-state index in [0.717, 1.165) is 0 Å². The predicted octanol–water partition coefficient (Wildman–Crippen LogP) is 1.95. The largest absolute Gasteiger partial charge is 0.415 e. The van der Waals surface area contributed by atoms with Crippen LogP contribution < -0.4 is 0 Å². The molecule has 0 bridgehead atoms. The molecule has 0 rings (SSSR count). The molecule has 0 aromatic rings. The topological polar surface area (TPSA) is 49.7 Å². The highest BCUT2D eigenvalue weighted by atomic mass is 31.2. The lowest BCUT2D eigenvalue weighted by Crippen LogP contribution is -2.30. The molecule has 2 N–H and O–H groups in total. The molecule has 0 aliphatic carbocycles. The highest BCUT2D eigenvalue weighted by molar-refractivity contribution is 7.39. The van der Waals surface area contributed by atoms with Gasteiger partial charge in [-0.2, -0.15) is 13.2 Å². The molecule has 0 aliphatic heterocycles. The van der Waals surface area contributed by atoms with E-state index in [4.69, 9.17) is 9.79 Å². The predicted molar refractivity (Wildman–Crippen MR) is 37.2 cm³/mol. The van der Waals surface area contributed by atoms with E-state index in [0.29, 0.717) is 0 Å². The first-order valence-corrected chi connectivity index (χ1v) is 4.45. The van der Waals surface area contributed by atoms with Crippen LogP contribution in [-0.2, 0) is 4.52 Å². The highest BCUT2D eigenvalue weighted by Crippen LogP contribution is 2.36. The molecule has 1 atom stereocenters. The molecular formula is C5H10F3O3P. The second kappa shape index (κ2) is 4.97. The molecule has 0 saturated carbocycles. The molecule has 0 aromatic carbocycles. The molecule has 3 nitrogen and oxygen atoms in total. The van der Waals surface area contributed by atoms with E-state index >= 15 is 0 Å². The molecule has 0 heterocycles. The Hall–Kier alpha value is 0.100. The van der Waals surface area contributed by atoms with Crippen molar-refractivity contribution in [2.45, 2.75) is 32.0 Å². The van der Waals surface area contributed by atoms with Crippen LogP contribution in [0.15, 0.2) is 0 Å². The average Bonchev–Trinajstić information content (AvgIpc) is 1.83. The van der Waals surface area contributed by atoms with Gasteiger partial charge in [0.05, 0.1) is 0 Å². The van der Waals surface area contributed by atoms with Gasteiger partial charge in [-0.15, -0.1) is 0 Å². The number of hydrogen-bond donors (Lipinski definition) is 2. The van der Waals surface area contributed by atoms with Gasteiger partial charge < -0.3 is 9.79 Å². The first-order chi connectivity index (χ1) is 5.38. The lowest BCUT2D eigenvalue weighted by molar-refractivity contribution is -0.198. The Morgan fingerprint density at radius 1 is 1.42 bits per heavy atom. The third kappa shape index (κ3) is 4.87. The first kappa shape index (κ1) is 12.1. The van der Waals surface area contributed by atoms with Crippen LogP contribution in [0.3, 0.4) is 0 Å². The summed E-state index contributed by atoms with van der Waals surface area (Å²) in [5, 5.41) is 0. The van der Waals surface area contributed by atoms with E-state index in [1.54, 1.807) is 6.92 Å². The third-order valence-corrected chi connectivity index (χ3v) is 1.58. The minimum Gasteiger partial charge on any atom is -0.328 e. The highest BCUT2D eigenvalue weighted by Gasteiger charge is 2.41. The molecule has 0 amide bonds. The Morgan fingerprint density at radius 3 is 2.17 bits per heavy atom. The molecule has 0 saturated heterocycles. The Bertz CT molecular complexity index is 128. The van der Waals surface area contributed by atoms with Gasteiger partial charge in [0.15, 0.2) is 6.10 Å². The fourth-order valence-corrected chi connectivity index (χ4v) is 1.10. The first-order valence-electron chi connectivity index (χ1n) is 3.29. The Kier molecular flexibility index (Phi) is 5.01. The zero-order valence-electron chi connectivity index (χ0n) is 6.38. The average molecular weight is 206 g/mol. The van der Waals surface area contributed by atoms with Crippen molar-refractivity contribution in [3.8, 4) is 0 Å². The monoisotopic (exact) mass is 206 g/mol. The van der Waals surface area contributed by atoms with E-state index in [-0.39, 0.29) is 12.8 Å². The Morgan fingerprint density at radius 2 is 1.92 bits per heavy atom. The SMILES string of the molecule is CCCC(OP(O)O)C(F)(F)F. The summed E-state index contributed by atoms with van der Waals surface area (Å²) in [6, 6.07) is 0. The number of alkyl halides is 3. The van der Waals surface area contributed by atoms with Gasteiger partial charge in [-0.3, -0.25) is 4.52 Å². The van der Waals surface area contributed by atoms with Crippen molar-refractivity contribution < 1.29 is 27.5 Å². The van der Waals surface area contributed by atoms with Crippen molar-refractivity contribution >= 4 is 8.60 Å². The maximum atomic E-state index is 11.9. The summed E-state index contributed by atoms with van der Waals surface area (Å²) >= 11 is 0. The maximum absolute atomic E-state index is 11.9. The summed E-state index contributed by atoms with van der Waals surface area (Å²) < 4.78 is 39.7. The van der Waals surface area contributed by atoms with Crippen molar-refractivity contribution in [1.82, 2.24) is 0 Å². The van der Waals surface area contributed by atoms with Gasteiger partial charge in [-0.1, -0.05) is 13.3 Å². The van der Waals surface area contributed by atoms with Gasteiger partial charge in [-0.05, 0) is 6.42 Å². The lowest BCUT2D eigenvalue weighted by atomic mass is 10.2. The van der Waals surface area contributed by atoms with Gasteiger partial charge in [0.25, 0.3) is 0 Å². The van der Waals surface area contributed by atoms with E-state index in [1.165, 1.54) is 0 Å². The summed E-state index contributed by atoms with van der Waals surface area (Å²) in [5.74, 6) is 0. The van der Waals surface area contributed by atoms with Crippen LogP contribution in [-0.4, -0.2) is 22.1 Å². The summed E-state index contributed by atoms with van der Waals surface area (Å²) in [6.07, 6.45) is -6.58. The van der Waals surface area contributed by atoms with Gasteiger partial charge in [0.2, 0.25) is 0 Å². The van der Waals surface area contributed by atoms with E-state index < -0.39 is 20.9 Å². The summed E-state index contributed by atoms with van der Waals surface area (Å²) in [4.78, 5) is 16.4. The van der Waals surface area contributed by atoms with E-state index in [2.05, 4.69) is 4.52 Å². The minimum atomic E-state index is -4.53. The van der Waals surface area contributed by atoms with E-state index in [1.807, 2.05) is 0 Å². The summed E-state index contributed by atoms with van der Waals surface area (Å²) in [5.41, 5.74) is 0. The zero-order valence-corrected chi connectivity index (χ0v) is 7.27. The number of halogens is 3. The van der Waals surface area contributed by atoms with E-state index in [9.17, 15) is 13.2 Å². The maximum Gasteiger partial charge on any atom is 0.415 e. The van der Waals surface area contributed by atoms with Crippen molar-refractivity contribution in [2.75, 3.05) is 0 Å². The van der Waals surface area contributed by atoms with Crippen LogP contribution in [0.4, 0.5) is 13.2 Å². The van der Waals surface area contributed by atoms with Crippen LogP contribution in [0.2, 0.25) is 0 Å². The molecule has 7 heteroatoms. The summed E-state index contributed by atoms with van der Waals surface area (Å²) in [7, 11) is -2.94. The van der Waals surface area contributed by atoms with Crippen molar-refractivity contribution in [3.63, 3.8) is 0 Å². The normalized spacial score (nSPS) is 15.2. The molecule has 0 radical (unpaired) electrons. The quantitative estimate of drug-likeness (QED) is 0.691. The second-order valence-corrected chi connectivity index (χ2v) is 2.89. The minimum absolute atomic E-state index is 0.260. The third-order valence-electron chi connectivity index (χ3n) is 1.14. The molecule has 1 unspecified atom stereocenters.